The van der Waals surface area contributed by atoms with Crippen LogP contribution in [-0.2, 0) is 14.8 Å². The Balaban J connectivity index is 2.69. The first-order chi connectivity index (χ1) is 14.3. The zero-order chi connectivity index (χ0) is 22.1. The fraction of sp³-hybridized carbons (Fsp3) is 0.333. The van der Waals surface area contributed by atoms with Crippen molar-refractivity contribution in [1.82, 2.24) is 4.90 Å². The van der Waals surface area contributed by atoms with Crippen molar-refractivity contribution in [3.63, 3.8) is 0 Å². The summed E-state index contributed by atoms with van der Waals surface area (Å²) in [6.07, 6.45) is 2.97. The Hall–Kier alpha value is -3.07. The van der Waals surface area contributed by atoms with Crippen LogP contribution in [0.1, 0.15) is 30.1 Å². The van der Waals surface area contributed by atoms with Crippen LogP contribution in [-0.4, -0.2) is 53.4 Å². The molecular weight excluding hydrogens is 406 g/mol. The molecule has 0 radical (unpaired) electrons. The van der Waals surface area contributed by atoms with Gasteiger partial charge in [-0.1, -0.05) is 31.5 Å². The molecule has 0 unspecified atom stereocenters. The van der Waals surface area contributed by atoms with E-state index < -0.39 is 16.0 Å². The third kappa shape index (κ3) is 6.21. The summed E-state index contributed by atoms with van der Waals surface area (Å²) in [7, 11) is 0.378. The van der Waals surface area contributed by atoms with Crippen molar-refractivity contribution >= 4 is 28.0 Å². The third-order valence-electron chi connectivity index (χ3n) is 3.98. The van der Waals surface area contributed by atoms with Crippen LogP contribution in [0.25, 0.3) is 0 Å². The Morgan fingerprint density at radius 1 is 1.20 bits per heavy atom. The third-order valence-corrected chi connectivity index (χ3v) is 5.21. The monoisotopic (exact) mass is 433 g/mol. The number of carbonyl (C=O) groups is 1. The number of unbranched alkanes of at least 4 members (excludes halogenated alkanes) is 1. The summed E-state index contributed by atoms with van der Waals surface area (Å²) in [6.45, 7) is 2.62. The van der Waals surface area contributed by atoms with Crippen molar-refractivity contribution < 1.29 is 22.7 Å². The molecule has 0 aliphatic carbocycles. The molecule has 0 spiro atoms. The maximum Gasteiger partial charge on any atom is 0.337 e. The molecule has 9 heteroatoms. The minimum absolute atomic E-state index is 0.0702. The number of methoxy groups -OCH3 is 1. The summed E-state index contributed by atoms with van der Waals surface area (Å²) in [5.74, 6) is -0.136. The Morgan fingerprint density at radius 2 is 1.90 bits per heavy atom. The molecular formula is C21H27N3O5S. The average Bonchev–Trinajstić information content (AvgIpc) is 2.73. The van der Waals surface area contributed by atoms with Gasteiger partial charge in [-0.05, 0) is 30.7 Å². The molecule has 0 atom stereocenters. The summed E-state index contributed by atoms with van der Waals surface area (Å²) >= 11 is 0. The first-order valence-electron chi connectivity index (χ1n) is 9.48. The predicted molar refractivity (Wildman–Crippen MR) is 117 cm³/mol. The summed E-state index contributed by atoms with van der Waals surface area (Å²) < 4.78 is 40.5. The van der Waals surface area contributed by atoms with E-state index in [0.717, 1.165) is 12.8 Å². The summed E-state index contributed by atoms with van der Waals surface area (Å²) in [5, 5.41) is 3.17. The molecule has 30 heavy (non-hydrogen) atoms. The number of esters is 1. The number of hydrogen-bond acceptors (Lipinski definition) is 6. The number of nitrogens with one attached hydrogen (secondary N) is 1. The van der Waals surface area contributed by atoms with Gasteiger partial charge in [-0.2, -0.15) is 8.42 Å². The van der Waals surface area contributed by atoms with E-state index >= 15 is 0 Å². The fourth-order valence-electron chi connectivity index (χ4n) is 2.49. The molecule has 0 aliphatic heterocycles. The fourth-order valence-corrected chi connectivity index (χ4v) is 3.57. The van der Waals surface area contributed by atoms with Gasteiger partial charge in [0, 0.05) is 20.6 Å². The topological polar surface area (TPSA) is 97.3 Å². The zero-order valence-corrected chi connectivity index (χ0v) is 18.4. The van der Waals surface area contributed by atoms with E-state index in [4.69, 9.17) is 9.47 Å². The van der Waals surface area contributed by atoms with Gasteiger partial charge in [-0.3, -0.25) is 0 Å². The number of para-hydroxylation sites is 1. The number of hydrogen-bond donors (Lipinski definition) is 1. The Kier molecular flexibility index (Phi) is 8.23. The Morgan fingerprint density at radius 3 is 2.50 bits per heavy atom. The highest BCUT2D eigenvalue weighted by atomic mass is 32.2. The quantitative estimate of drug-likeness (QED) is 0.264. The van der Waals surface area contributed by atoms with Gasteiger partial charge >= 0.3 is 5.97 Å². The number of carbonyl (C=O) groups excluding carboxylic acids is 1. The number of ether oxygens (including phenoxy) is 2. The predicted octanol–water partition coefficient (Wildman–Crippen LogP) is 3.76. The first kappa shape index (κ1) is 23.2. The van der Waals surface area contributed by atoms with Crippen LogP contribution in [0, 0.1) is 0 Å². The van der Waals surface area contributed by atoms with Crippen LogP contribution in [0.15, 0.2) is 51.8 Å². The second-order valence-corrected chi connectivity index (χ2v) is 8.30. The van der Waals surface area contributed by atoms with E-state index in [2.05, 4.69) is 9.71 Å². The Bertz CT molecular complexity index is 989. The molecule has 162 valence electrons. The highest BCUT2D eigenvalue weighted by Crippen LogP contribution is 2.38. The molecule has 0 aliphatic rings. The molecule has 0 saturated carbocycles. The second-order valence-electron chi connectivity index (χ2n) is 6.70. The number of rotatable bonds is 10. The van der Waals surface area contributed by atoms with E-state index in [1.165, 1.54) is 30.5 Å². The maximum absolute atomic E-state index is 13.0. The highest BCUT2D eigenvalue weighted by molar-refractivity contribution is 7.90. The van der Waals surface area contributed by atoms with Gasteiger partial charge in [-0.15, -0.1) is 4.40 Å². The van der Waals surface area contributed by atoms with Crippen molar-refractivity contribution in [2.45, 2.75) is 24.7 Å². The van der Waals surface area contributed by atoms with Crippen molar-refractivity contribution in [3.8, 4) is 11.5 Å². The van der Waals surface area contributed by atoms with Gasteiger partial charge in [0.1, 0.15) is 17.0 Å². The molecule has 0 saturated heterocycles. The molecule has 2 aromatic rings. The summed E-state index contributed by atoms with van der Waals surface area (Å²) in [4.78, 5) is 13.4. The normalized spacial score (nSPS) is 11.3. The minimum Gasteiger partial charge on any atom is -0.465 e. The van der Waals surface area contributed by atoms with Gasteiger partial charge in [0.05, 0.1) is 18.4 Å². The number of anilines is 1. The lowest BCUT2D eigenvalue weighted by atomic mass is 10.1. The average molecular weight is 434 g/mol. The van der Waals surface area contributed by atoms with Crippen molar-refractivity contribution in [2.24, 2.45) is 4.40 Å². The first-order valence-corrected chi connectivity index (χ1v) is 10.9. The van der Waals surface area contributed by atoms with Crippen molar-refractivity contribution in [1.29, 1.82) is 0 Å². The van der Waals surface area contributed by atoms with Crippen LogP contribution < -0.4 is 10.1 Å². The zero-order valence-electron chi connectivity index (χ0n) is 17.6. The second kappa shape index (κ2) is 10.6. The van der Waals surface area contributed by atoms with E-state index in [1.807, 2.05) is 13.0 Å². The molecule has 0 bridgehead atoms. The molecule has 1 N–H and O–H groups in total. The van der Waals surface area contributed by atoms with Crippen molar-refractivity contribution in [2.75, 3.05) is 33.1 Å². The smallest absolute Gasteiger partial charge is 0.337 e. The molecule has 0 amide bonds. The van der Waals surface area contributed by atoms with Gasteiger partial charge in [-0.25, -0.2) is 4.79 Å². The number of sulfonamides is 1. The molecule has 2 aromatic carbocycles. The number of benzene rings is 2. The van der Waals surface area contributed by atoms with Gasteiger partial charge in [0.25, 0.3) is 10.0 Å². The standard InChI is InChI=1S/C21H27N3O5S/c1-5-6-12-22-18-13-16(21(25)28-4)14-19(30(26,27)23-15-24(2)3)20(18)29-17-10-8-7-9-11-17/h7-11,13-15,22H,5-6,12H2,1-4H3. The van der Waals surface area contributed by atoms with E-state index in [-0.39, 0.29) is 16.2 Å². The van der Waals surface area contributed by atoms with Gasteiger partial charge < -0.3 is 19.7 Å². The SMILES string of the molecule is CCCCNc1cc(C(=O)OC)cc(S(=O)(=O)N=CN(C)C)c1Oc1ccccc1. The van der Waals surface area contributed by atoms with Crippen LogP contribution in [0.5, 0.6) is 11.5 Å². The Labute approximate surface area is 177 Å². The molecule has 0 heterocycles. The van der Waals surface area contributed by atoms with Crippen molar-refractivity contribution in [3.05, 3.63) is 48.0 Å². The lowest BCUT2D eigenvalue weighted by molar-refractivity contribution is 0.0600. The van der Waals surface area contributed by atoms with Gasteiger partial charge in [0.2, 0.25) is 0 Å². The molecule has 8 nitrogen and oxygen atoms in total. The van der Waals surface area contributed by atoms with Crippen LogP contribution in [0.4, 0.5) is 5.69 Å². The van der Waals surface area contributed by atoms with E-state index in [0.29, 0.717) is 18.0 Å². The van der Waals surface area contributed by atoms with E-state index in [9.17, 15) is 13.2 Å². The lowest BCUT2D eigenvalue weighted by Crippen LogP contribution is -2.13. The van der Waals surface area contributed by atoms with E-state index in [1.54, 1.807) is 38.4 Å². The van der Waals surface area contributed by atoms with Crippen LogP contribution in [0.2, 0.25) is 0 Å². The van der Waals surface area contributed by atoms with Crippen LogP contribution >= 0.6 is 0 Å². The van der Waals surface area contributed by atoms with Gasteiger partial charge in [0.15, 0.2) is 5.75 Å². The lowest BCUT2D eigenvalue weighted by Gasteiger charge is -2.17. The largest absolute Gasteiger partial charge is 0.465 e. The minimum atomic E-state index is -4.17. The molecule has 2 rings (SSSR count). The molecule has 0 fully saturated rings. The highest BCUT2D eigenvalue weighted by Gasteiger charge is 2.26. The maximum atomic E-state index is 13.0. The summed E-state index contributed by atoms with van der Waals surface area (Å²) in [6, 6.07) is 11.5. The summed E-state index contributed by atoms with van der Waals surface area (Å²) in [5.41, 5.74) is 0.448. The van der Waals surface area contributed by atoms with Crippen LogP contribution in [0.3, 0.4) is 0 Å². The molecule has 0 aromatic heterocycles. The number of nitrogens with zero attached hydrogens (tertiary/aromatic N) is 2.